The minimum Gasteiger partial charge on any atom is -0.458 e. The lowest BCUT2D eigenvalue weighted by Gasteiger charge is -2.22. The number of rotatable bonds is 4. The average Bonchev–Trinajstić information content (AvgIpc) is 2.35. The summed E-state index contributed by atoms with van der Waals surface area (Å²) < 4.78 is 5.21. The largest absolute Gasteiger partial charge is 0.458 e. The van der Waals surface area contributed by atoms with Crippen LogP contribution in [-0.4, -0.2) is 28.5 Å². The van der Waals surface area contributed by atoms with Gasteiger partial charge < -0.3 is 10.1 Å². The maximum absolute atomic E-state index is 12.1. The molecular weight excluding hydrogens is 292 g/mol. The molecule has 1 N–H and O–H groups in total. The standard InChI is InChI=1S/C15H21ClN2O3/c1-6-11-7-10(8-12(16)18-11)13(19)17-9(2)14(20)21-15(3,4)5/h7-9H,6H2,1-5H3,(H,17,19)/t9-/m0/s1. The molecule has 1 rings (SSSR count). The zero-order chi connectivity index (χ0) is 16.2. The molecule has 5 nitrogen and oxygen atoms in total. The van der Waals surface area contributed by atoms with Crippen LogP contribution in [0.2, 0.25) is 5.15 Å². The third-order valence-corrected chi connectivity index (χ3v) is 2.77. The molecule has 1 atom stereocenters. The highest BCUT2D eigenvalue weighted by Crippen LogP contribution is 2.12. The molecule has 0 aliphatic rings. The Kier molecular flexibility index (Phi) is 5.72. The van der Waals surface area contributed by atoms with Crippen LogP contribution < -0.4 is 5.32 Å². The summed E-state index contributed by atoms with van der Waals surface area (Å²) in [7, 11) is 0. The van der Waals surface area contributed by atoms with Gasteiger partial charge in [0.25, 0.3) is 5.91 Å². The number of hydrogen-bond acceptors (Lipinski definition) is 4. The van der Waals surface area contributed by atoms with Crippen LogP contribution >= 0.6 is 11.6 Å². The summed E-state index contributed by atoms with van der Waals surface area (Å²) in [5, 5.41) is 2.85. The highest BCUT2D eigenvalue weighted by molar-refractivity contribution is 6.29. The van der Waals surface area contributed by atoms with Crippen molar-refractivity contribution in [1.82, 2.24) is 10.3 Å². The number of ether oxygens (including phenoxy) is 1. The van der Waals surface area contributed by atoms with Crippen LogP contribution in [0.3, 0.4) is 0 Å². The van der Waals surface area contributed by atoms with Crippen molar-refractivity contribution in [3.05, 3.63) is 28.5 Å². The van der Waals surface area contributed by atoms with Gasteiger partial charge in [-0.05, 0) is 46.2 Å². The molecule has 0 aliphatic heterocycles. The fraction of sp³-hybridized carbons (Fsp3) is 0.533. The maximum Gasteiger partial charge on any atom is 0.328 e. The number of nitrogens with zero attached hydrogens (tertiary/aromatic N) is 1. The van der Waals surface area contributed by atoms with Gasteiger partial charge in [0.15, 0.2) is 0 Å². The normalized spacial score (nSPS) is 12.7. The van der Waals surface area contributed by atoms with E-state index in [1.165, 1.54) is 6.07 Å². The summed E-state index contributed by atoms with van der Waals surface area (Å²) in [6, 6.07) is 2.38. The molecular formula is C15H21ClN2O3. The molecule has 0 radical (unpaired) electrons. The fourth-order valence-electron chi connectivity index (χ4n) is 1.59. The zero-order valence-electron chi connectivity index (χ0n) is 13.0. The lowest BCUT2D eigenvalue weighted by atomic mass is 10.1. The first kappa shape index (κ1) is 17.4. The molecule has 0 spiro atoms. The Balaban J connectivity index is 2.77. The zero-order valence-corrected chi connectivity index (χ0v) is 13.7. The average molecular weight is 313 g/mol. The van der Waals surface area contributed by atoms with Gasteiger partial charge in [0, 0.05) is 11.3 Å². The van der Waals surface area contributed by atoms with Crippen LogP contribution in [0.5, 0.6) is 0 Å². The van der Waals surface area contributed by atoms with Crippen LogP contribution in [0, 0.1) is 0 Å². The Labute approximate surface area is 130 Å². The van der Waals surface area contributed by atoms with Crippen molar-refractivity contribution in [1.29, 1.82) is 0 Å². The number of carbonyl (C=O) groups is 2. The quantitative estimate of drug-likeness (QED) is 0.685. The summed E-state index contributed by atoms with van der Waals surface area (Å²) >= 11 is 5.88. The minimum absolute atomic E-state index is 0.254. The van der Waals surface area contributed by atoms with E-state index in [2.05, 4.69) is 10.3 Å². The topological polar surface area (TPSA) is 68.3 Å². The predicted octanol–water partition coefficient (Wildman–Crippen LogP) is 2.76. The number of esters is 1. The molecule has 0 unspecified atom stereocenters. The third-order valence-electron chi connectivity index (χ3n) is 2.58. The van der Waals surface area contributed by atoms with E-state index in [9.17, 15) is 9.59 Å². The monoisotopic (exact) mass is 312 g/mol. The second-order valence-corrected chi connectivity index (χ2v) is 6.14. The Bertz CT molecular complexity index is 538. The first-order valence-corrected chi connectivity index (χ1v) is 7.20. The van der Waals surface area contributed by atoms with E-state index in [1.807, 2.05) is 6.92 Å². The minimum atomic E-state index is -0.742. The highest BCUT2D eigenvalue weighted by atomic mass is 35.5. The van der Waals surface area contributed by atoms with E-state index in [-0.39, 0.29) is 11.1 Å². The van der Waals surface area contributed by atoms with Gasteiger partial charge in [0.2, 0.25) is 0 Å². The highest BCUT2D eigenvalue weighted by Gasteiger charge is 2.23. The molecule has 6 heteroatoms. The van der Waals surface area contributed by atoms with E-state index >= 15 is 0 Å². The number of pyridine rings is 1. The summed E-state index contributed by atoms with van der Waals surface area (Å²) in [5.74, 6) is -0.862. The van der Waals surface area contributed by atoms with Crippen LogP contribution in [0.1, 0.15) is 50.7 Å². The first-order valence-electron chi connectivity index (χ1n) is 6.82. The third kappa shape index (κ3) is 5.71. The van der Waals surface area contributed by atoms with E-state index in [4.69, 9.17) is 16.3 Å². The molecule has 0 aromatic carbocycles. The van der Waals surface area contributed by atoms with Gasteiger partial charge in [-0.15, -0.1) is 0 Å². The van der Waals surface area contributed by atoms with E-state index in [0.717, 1.165) is 5.69 Å². The van der Waals surface area contributed by atoms with Crippen LogP contribution in [0.4, 0.5) is 0 Å². The molecule has 1 aromatic heterocycles. The lowest BCUT2D eigenvalue weighted by Crippen LogP contribution is -2.42. The van der Waals surface area contributed by atoms with Crippen molar-refractivity contribution in [2.45, 2.75) is 52.7 Å². The number of carbonyl (C=O) groups excluding carboxylic acids is 2. The fourth-order valence-corrected chi connectivity index (χ4v) is 1.82. The molecule has 0 bridgehead atoms. The summed E-state index contributed by atoms with van der Waals surface area (Å²) in [5.41, 5.74) is 0.505. The summed E-state index contributed by atoms with van der Waals surface area (Å²) in [4.78, 5) is 28.1. The molecule has 1 amide bonds. The predicted molar refractivity (Wildman–Crippen MR) is 81.4 cm³/mol. The van der Waals surface area contributed by atoms with Gasteiger partial charge in [0.1, 0.15) is 16.8 Å². The van der Waals surface area contributed by atoms with Crippen LogP contribution in [0.15, 0.2) is 12.1 Å². The molecule has 1 heterocycles. The van der Waals surface area contributed by atoms with Crippen molar-refractivity contribution in [3.8, 4) is 0 Å². The van der Waals surface area contributed by atoms with Crippen molar-refractivity contribution >= 4 is 23.5 Å². The second-order valence-electron chi connectivity index (χ2n) is 5.75. The van der Waals surface area contributed by atoms with Gasteiger partial charge in [-0.25, -0.2) is 9.78 Å². The smallest absolute Gasteiger partial charge is 0.328 e. The van der Waals surface area contributed by atoms with Gasteiger partial charge in [0.05, 0.1) is 0 Å². The summed E-state index contributed by atoms with van der Waals surface area (Å²) in [6.45, 7) is 8.82. The van der Waals surface area contributed by atoms with Crippen molar-refractivity contribution < 1.29 is 14.3 Å². The SMILES string of the molecule is CCc1cc(C(=O)N[C@@H](C)C(=O)OC(C)(C)C)cc(Cl)n1. The van der Waals surface area contributed by atoms with Crippen LogP contribution in [-0.2, 0) is 16.0 Å². The van der Waals surface area contributed by atoms with Crippen molar-refractivity contribution in [2.24, 2.45) is 0 Å². The molecule has 21 heavy (non-hydrogen) atoms. The summed E-state index contributed by atoms with van der Waals surface area (Å²) in [6.07, 6.45) is 0.669. The maximum atomic E-state index is 12.1. The lowest BCUT2D eigenvalue weighted by molar-refractivity contribution is -0.156. The first-order chi connectivity index (χ1) is 9.62. The molecule has 0 saturated heterocycles. The Morgan fingerprint density at radius 1 is 1.38 bits per heavy atom. The Hall–Kier alpha value is -1.62. The van der Waals surface area contributed by atoms with Gasteiger partial charge in [-0.2, -0.15) is 0 Å². The van der Waals surface area contributed by atoms with Gasteiger partial charge >= 0.3 is 5.97 Å². The van der Waals surface area contributed by atoms with E-state index in [1.54, 1.807) is 33.8 Å². The van der Waals surface area contributed by atoms with Gasteiger partial charge in [-0.1, -0.05) is 18.5 Å². The Morgan fingerprint density at radius 2 is 2.00 bits per heavy atom. The Morgan fingerprint density at radius 3 is 2.52 bits per heavy atom. The van der Waals surface area contributed by atoms with Crippen molar-refractivity contribution in [3.63, 3.8) is 0 Å². The number of aromatic nitrogens is 1. The molecule has 0 aliphatic carbocycles. The number of amides is 1. The number of hydrogen-bond donors (Lipinski definition) is 1. The molecule has 0 fully saturated rings. The van der Waals surface area contributed by atoms with Crippen LogP contribution in [0.25, 0.3) is 0 Å². The molecule has 0 saturated carbocycles. The molecule has 1 aromatic rings. The number of aryl methyl sites for hydroxylation is 1. The number of nitrogens with one attached hydrogen (secondary N) is 1. The number of halogens is 1. The van der Waals surface area contributed by atoms with Gasteiger partial charge in [-0.3, -0.25) is 4.79 Å². The second kappa shape index (κ2) is 6.89. The van der Waals surface area contributed by atoms with E-state index < -0.39 is 17.6 Å². The van der Waals surface area contributed by atoms with E-state index in [0.29, 0.717) is 12.0 Å². The molecule has 116 valence electrons. The van der Waals surface area contributed by atoms with Crippen molar-refractivity contribution in [2.75, 3.05) is 0 Å².